The van der Waals surface area contributed by atoms with E-state index in [2.05, 4.69) is 0 Å². The molecule has 0 saturated heterocycles. The van der Waals surface area contributed by atoms with Crippen LogP contribution in [0.2, 0.25) is 15.1 Å². The van der Waals surface area contributed by atoms with Gasteiger partial charge in [-0.3, -0.25) is 4.79 Å². The van der Waals surface area contributed by atoms with E-state index in [-0.39, 0.29) is 22.3 Å². The molecule has 4 nitrogen and oxygen atoms in total. The summed E-state index contributed by atoms with van der Waals surface area (Å²) in [6.45, 7) is 5.80. The smallest absolute Gasteiger partial charge is 0.310 e. The van der Waals surface area contributed by atoms with E-state index < -0.39 is 11.9 Å². The summed E-state index contributed by atoms with van der Waals surface area (Å²) in [7, 11) is 0. The first-order valence-electron chi connectivity index (χ1n) is 8.42. The van der Waals surface area contributed by atoms with Crippen molar-refractivity contribution >= 4 is 40.8 Å². The van der Waals surface area contributed by atoms with Crippen molar-refractivity contribution in [3.05, 3.63) is 56.0 Å². The number of carboxylic acid groups (broad SMARTS) is 1. The average molecular weight is 430 g/mol. The molecule has 0 amide bonds. The summed E-state index contributed by atoms with van der Waals surface area (Å²) in [5.74, 6) is -0.581. The highest BCUT2D eigenvalue weighted by Crippen LogP contribution is 2.41. The molecule has 1 N–H and O–H groups in total. The molecule has 144 valence electrons. The van der Waals surface area contributed by atoms with Gasteiger partial charge in [0.05, 0.1) is 5.92 Å². The third-order valence-electron chi connectivity index (χ3n) is 4.45. The number of carboxylic acids is 1. The van der Waals surface area contributed by atoms with Gasteiger partial charge < -0.3 is 14.6 Å². The van der Waals surface area contributed by atoms with Crippen molar-refractivity contribution in [2.24, 2.45) is 0 Å². The normalized spacial score (nSPS) is 15.8. The van der Waals surface area contributed by atoms with Crippen LogP contribution in [-0.4, -0.2) is 16.7 Å². The molecular formula is C20H19Cl3O4. The Morgan fingerprint density at radius 1 is 1.22 bits per heavy atom. The summed E-state index contributed by atoms with van der Waals surface area (Å²) in [5, 5.41) is 10.3. The van der Waals surface area contributed by atoms with Crippen LogP contribution in [0.5, 0.6) is 11.5 Å². The third-order valence-corrected chi connectivity index (χ3v) is 5.30. The van der Waals surface area contributed by atoms with E-state index in [9.17, 15) is 9.90 Å². The predicted octanol–water partition coefficient (Wildman–Crippen LogP) is 6.13. The summed E-state index contributed by atoms with van der Waals surface area (Å²) in [4.78, 5) is 11.2. The van der Waals surface area contributed by atoms with Crippen molar-refractivity contribution in [3.63, 3.8) is 0 Å². The SMILES string of the molecule is CC(C(=O)O)c1c(Cl)cc(OCc2cc(Cl)cc3c2OC(C)(C)C3)cc1Cl. The molecular weight excluding hydrogens is 411 g/mol. The lowest BCUT2D eigenvalue weighted by Gasteiger charge is -2.18. The lowest BCUT2D eigenvalue weighted by molar-refractivity contribution is -0.138. The van der Waals surface area contributed by atoms with Gasteiger partial charge in [0.2, 0.25) is 0 Å². The Morgan fingerprint density at radius 3 is 2.44 bits per heavy atom. The van der Waals surface area contributed by atoms with Gasteiger partial charge in [-0.05, 0) is 50.6 Å². The number of ether oxygens (including phenoxy) is 2. The molecule has 3 rings (SSSR count). The van der Waals surface area contributed by atoms with Gasteiger partial charge in [-0.15, -0.1) is 0 Å². The van der Waals surface area contributed by atoms with Crippen LogP contribution in [0.4, 0.5) is 0 Å². The van der Waals surface area contributed by atoms with Gasteiger partial charge in [0, 0.05) is 32.6 Å². The fourth-order valence-electron chi connectivity index (χ4n) is 3.20. The fourth-order valence-corrected chi connectivity index (χ4v) is 4.25. The van der Waals surface area contributed by atoms with Crippen LogP contribution in [0, 0.1) is 0 Å². The molecule has 1 heterocycles. The topological polar surface area (TPSA) is 55.8 Å². The van der Waals surface area contributed by atoms with E-state index in [4.69, 9.17) is 44.3 Å². The zero-order valence-electron chi connectivity index (χ0n) is 15.1. The number of hydrogen-bond donors (Lipinski definition) is 1. The highest BCUT2D eigenvalue weighted by molar-refractivity contribution is 6.36. The Bertz CT molecular complexity index is 885. The molecule has 0 aromatic heterocycles. The standard InChI is InChI=1S/C20H19Cl3O4/c1-10(19(24)25)17-15(22)6-14(7-16(17)23)26-9-12-5-13(21)4-11-8-20(2,3)27-18(11)12/h4-7,10H,8-9H2,1-3H3,(H,24,25). The second-order valence-corrected chi connectivity index (χ2v) is 8.49. The Labute approximate surface area is 172 Å². The molecule has 0 saturated carbocycles. The number of hydrogen-bond acceptors (Lipinski definition) is 3. The highest BCUT2D eigenvalue weighted by atomic mass is 35.5. The fraction of sp³-hybridized carbons (Fsp3) is 0.350. The van der Waals surface area contributed by atoms with E-state index in [0.717, 1.165) is 23.3 Å². The molecule has 1 unspecified atom stereocenters. The zero-order chi connectivity index (χ0) is 19.9. The van der Waals surface area contributed by atoms with Gasteiger partial charge >= 0.3 is 5.97 Å². The summed E-state index contributed by atoms with van der Waals surface area (Å²) in [6.07, 6.45) is 0.773. The quantitative estimate of drug-likeness (QED) is 0.621. The summed E-state index contributed by atoms with van der Waals surface area (Å²) in [5.41, 5.74) is 1.96. The van der Waals surface area contributed by atoms with Gasteiger partial charge in [-0.2, -0.15) is 0 Å². The lowest BCUT2D eigenvalue weighted by atomic mass is 10.0. The molecule has 0 aliphatic carbocycles. The first-order valence-corrected chi connectivity index (χ1v) is 9.55. The van der Waals surface area contributed by atoms with E-state index in [1.807, 2.05) is 26.0 Å². The van der Waals surface area contributed by atoms with Crippen LogP contribution < -0.4 is 9.47 Å². The first kappa shape index (κ1) is 20.1. The van der Waals surface area contributed by atoms with Crippen molar-refractivity contribution < 1.29 is 19.4 Å². The van der Waals surface area contributed by atoms with Crippen LogP contribution in [0.1, 0.15) is 43.4 Å². The molecule has 1 aliphatic rings. The van der Waals surface area contributed by atoms with Crippen molar-refractivity contribution in [2.45, 2.75) is 45.3 Å². The summed E-state index contributed by atoms with van der Waals surface area (Å²) >= 11 is 18.7. The number of benzene rings is 2. The van der Waals surface area contributed by atoms with Gasteiger partial charge in [-0.25, -0.2) is 0 Å². The molecule has 1 atom stereocenters. The van der Waals surface area contributed by atoms with Crippen molar-refractivity contribution in [3.8, 4) is 11.5 Å². The zero-order valence-corrected chi connectivity index (χ0v) is 17.4. The molecule has 7 heteroatoms. The van der Waals surface area contributed by atoms with Crippen LogP contribution in [0.25, 0.3) is 0 Å². The Morgan fingerprint density at radius 2 is 1.85 bits per heavy atom. The van der Waals surface area contributed by atoms with Gasteiger partial charge in [-0.1, -0.05) is 34.8 Å². The molecule has 2 aromatic rings. The Kier molecular flexibility index (Phi) is 5.53. The molecule has 0 bridgehead atoms. The van der Waals surface area contributed by atoms with Crippen LogP contribution in [0.15, 0.2) is 24.3 Å². The second kappa shape index (κ2) is 7.42. The molecule has 27 heavy (non-hydrogen) atoms. The second-order valence-electron chi connectivity index (χ2n) is 7.24. The minimum absolute atomic E-state index is 0.222. The van der Waals surface area contributed by atoms with Gasteiger partial charge in [0.25, 0.3) is 0 Å². The van der Waals surface area contributed by atoms with Crippen molar-refractivity contribution in [2.75, 3.05) is 0 Å². The summed E-state index contributed by atoms with van der Waals surface area (Å²) < 4.78 is 11.9. The monoisotopic (exact) mass is 428 g/mol. The van der Waals surface area contributed by atoms with Gasteiger partial charge in [0.15, 0.2) is 0 Å². The maximum atomic E-state index is 11.2. The van der Waals surface area contributed by atoms with E-state index in [0.29, 0.717) is 16.3 Å². The highest BCUT2D eigenvalue weighted by Gasteiger charge is 2.32. The number of rotatable bonds is 5. The Balaban J connectivity index is 1.84. The Hall–Kier alpha value is -1.62. The third kappa shape index (κ3) is 4.29. The number of fused-ring (bicyclic) bond motifs is 1. The molecule has 0 spiro atoms. The number of carbonyl (C=O) groups is 1. The van der Waals surface area contributed by atoms with E-state index in [1.165, 1.54) is 6.92 Å². The molecule has 0 fully saturated rings. The maximum absolute atomic E-state index is 11.2. The van der Waals surface area contributed by atoms with E-state index in [1.54, 1.807) is 12.1 Å². The minimum atomic E-state index is -0.998. The predicted molar refractivity (Wildman–Crippen MR) is 107 cm³/mol. The largest absolute Gasteiger partial charge is 0.489 e. The van der Waals surface area contributed by atoms with E-state index >= 15 is 0 Å². The van der Waals surface area contributed by atoms with Crippen LogP contribution in [0.3, 0.4) is 0 Å². The van der Waals surface area contributed by atoms with Crippen LogP contribution >= 0.6 is 34.8 Å². The molecule has 2 aromatic carbocycles. The number of aliphatic carboxylic acids is 1. The van der Waals surface area contributed by atoms with Crippen LogP contribution in [-0.2, 0) is 17.8 Å². The number of halogens is 3. The first-order chi connectivity index (χ1) is 12.6. The average Bonchev–Trinajstić information content (AvgIpc) is 2.85. The van der Waals surface area contributed by atoms with Crippen molar-refractivity contribution in [1.82, 2.24) is 0 Å². The minimum Gasteiger partial charge on any atom is -0.489 e. The lowest BCUT2D eigenvalue weighted by Crippen LogP contribution is -2.25. The summed E-state index contributed by atoms with van der Waals surface area (Å²) in [6, 6.07) is 6.85. The molecule has 1 aliphatic heterocycles. The van der Waals surface area contributed by atoms with Gasteiger partial charge in [0.1, 0.15) is 23.7 Å². The molecule has 0 radical (unpaired) electrons. The maximum Gasteiger partial charge on any atom is 0.310 e. The van der Waals surface area contributed by atoms with Crippen molar-refractivity contribution in [1.29, 1.82) is 0 Å².